The Bertz CT molecular complexity index is 60.8. The summed E-state index contributed by atoms with van der Waals surface area (Å²) in [4.78, 5) is 0. The molecule has 1 aliphatic rings. The minimum Gasteiger partial charge on any atom is -0.324 e. The maximum atomic E-state index is 5.72. The van der Waals surface area contributed by atoms with E-state index in [1.165, 1.54) is 25.7 Å². The zero-order chi connectivity index (χ0) is 5.98. The van der Waals surface area contributed by atoms with Gasteiger partial charge in [0, 0.05) is 6.04 Å². The zero-order valence-electron chi connectivity index (χ0n) is 5.27. The molecule has 0 saturated heterocycles. The van der Waals surface area contributed by atoms with Crippen LogP contribution in [0, 0.1) is 12.8 Å². The summed E-state index contributed by atoms with van der Waals surface area (Å²) >= 11 is 0. The van der Waals surface area contributed by atoms with Crippen molar-refractivity contribution < 1.29 is 0 Å². The molecule has 46 valence electrons. The molecule has 0 aliphatic heterocycles. The van der Waals surface area contributed by atoms with Crippen LogP contribution in [0.15, 0.2) is 0 Å². The van der Waals surface area contributed by atoms with E-state index in [1.807, 2.05) is 0 Å². The van der Waals surface area contributed by atoms with Crippen molar-refractivity contribution in [1.82, 2.24) is 0 Å². The first kappa shape index (κ1) is 5.96. The van der Waals surface area contributed by atoms with Gasteiger partial charge in [-0.1, -0.05) is 6.42 Å². The molecule has 0 aromatic heterocycles. The lowest BCUT2D eigenvalue weighted by Crippen LogP contribution is -2.30. The maximum absolute atomic E-state index is 5.72. The van der Waals surface area contributed by atoms with Crippen molar-refractivity contribution in [2.75, 3.05) is 0 Å². The molecule has 2 N–H and O–H groups in total. The summed E-state index contributed by atoms with van der Waals surface area (Å²) in [5.41, 5.74) is 5.72. The van der Waals surface area contributed by atoms with Crippen molar-refractivity contribution in [2.24, 2.45) is 11.7 Å². The molecular weight excluding hydrogens is 98.1 g/mol. The Morgan fingerprint density at radius 2 is 1.88 bits per heavy atom. The highest BCUT2D eigenvalue weighted by Gasteiger charge is 2.21. The fraction of sp³-hybridized carbons (Fsp3) is 0.857. The largest absolute Gasteiger partial charge is 0.324 e. The molecule has 0 heterocycles. The van der Waals surface area contributed by atoms with Gasteiger partial charge >= 0.3 is 0 Å². The molecule has 1 unspecified atom stereocenters. The number of hydrogen-bond acceptors (Lipinski definition) is 1. The minimum absolute atomic E-state index is 0.392. The third-order valence-electron chi connectivity index (χ3n) is 1.97. The fourth-order valence-electron chi connectivity index (χ4n) is 1.24. The van der Waals surface area contributed by atoms with Crippen molar-refractivity contribution >= 4 is 0 Å². The molecule has 8 heavy (non-hydrogen) atoms. The Balaban J connectivity index is 2.28. The summed E-state index contributed by atoms with van der Waals surface area (Å²) in [5.74, 6) is 0.531. The lowest BCUT2D eigenvalue weighted by molar-refractivity contribution is 0.359. The van der Waals surface area contributed by atoms with Crippen LogP contribution in [0.4, 0.5) is 0 Å². The lowest BCUT2D eigenvalue weighted by atomic mass is 9.87. The van der Waals surface area contributed by atoms with E-state index in [-0.39, 0.29) is 0 Å². The molecular formula is C7H14N+. The van der Waals surface area contributed by atoms with Gasteiger partial charge in [-0.2, -0.15) is 0 Å². The first-order chi connectivity index (χ1) is 3.80. The molecule has 1 aliphatic carbocycles. The highest BCUT2D eigenvalue weighted by Crippen LogP contribution is 2.21. The van der Waals surface area contributed by atoms with Crippen LogP contribution in [0.1, 0.15) is 25.7 Å². The summed E-state index contributed by atoms with van der Waals surface area (Å²) in [7, 11) is 0. The van der Waals surface area contributed by atoms with Crippen molar-refractivity contribution in [1.29, 1.82) is 0 Å². The molecule has 1 heteroatoms. The summed E-state index contributed by atoms with van der Waals surface area (Å²) in [6.07, 6.45) is 5.07. The summed E-state index contributed by atoms with van der Waals surface area (Å²) < 4.78 is 0. The van der Waals surface area contributed by atoms with Gasteiger partial charge in [0.15, 0.2) is 0 Å². The second-order valence-corrected chi connectivity index (χ2v) is 2.71. The van der Waals surface area contributed by atoms with Crippen LogP contribution in [0.25, 0.3) is 0 Å². The van der Waals surface area contributed by atoms with Gasteiger partial charge in [-0.3, -0.25) is 0 Å². The van der Waals surface area contributed by atoms with Crippen molar-refractivity contribution in [3.05, 3.63) is 6.92 Å². The molecule has 0 spiro atoms. The van der Waals surface area contributed by atoms with Gasteiger partial charge in [0.1, 0.15) is 5.92 Å². The van der Waals surface area contributed by atoms with Crippen LogP contribution in [0.2, 0.25) is 0 Å². The van der Waals surface area contributed by atoms with Gasteiger partial charge in [0.05, 0.1) is 6.92 Å². The van der Waals surface area contributed by atoms with E-state index in [1.54, 1.807) is 0 Å². The van der Waals surface area contributed by atoms with E-state index in [0.29, 0.717) is 12.0 Å². The molecule has 0 radical (unpaired) electrons. The van der Waals surface area contributed by atoms with Gasteiger partial charge in [-0.15, -0.1) is 0 Å². The topological polar surface area (TPSA) is 26.0 Å². The van der Waals surface area contributed by atoms with Crippen molar-refractivity contribution in [3.63, 3.8) is 0 Å². The molecule has 0 amide bonds. The molecule has 0 aromatic rings. The Hall–Kier alpha value is -0.170. The highest BCUT2D eigenvalue weighted by atomic mass is 14.6. The molecule has 0 bridgehead atoms. The van der Waals surface area contributed by atoms with Crippen LogP contribution in [0.5, 0.6) is 0 Å². The van der Waals surface area contributed by atoms with Crippen LogP contribution < -0.4 is 5.73 Å². The molecule has 2 atom stereocenters. The normalized spacial score (nSPS) is 39.6. The van der Waals surface area contributed by atoms with Crippen LogP contribution in [0.3, 0.4) is 0 Å². The van der Waals surface area contributed by atoms with E-state index < -0.39 is 0 Å². The molecule has 1 rings (SSSR count). The maximum Gasteiger partial charge on any atom is 0.110 e. The first-order valence-corrected chi connectivity index (χ1v) is 3.39. The predicted octanol–water partition coefficient (Wildman–Crippen LogP) is 1.34. The molecule has 1 saturated carbocycles. The van der Waals surface area contributed by atoms with Gasteiger partial charge in [0.2, 0.25) is 0 Å². The van der Waals surface area contributed by atoms with E-state index >= 15 is 0 Å². The zero-order valence-corrected chi connectivity index (χ0v) is 5.27. The standard InChI is InChI=1S/C7H14N/c1-6-4-2-3-5-7(6)8/h6-7H,1-5,8H2/q+1/t6?,7-/m1/s1. The average Bonchev–Trinajstić information content (AvgIpc) is 1.77. The van der Waals surface area contributed by atoms with Crippen molar-refractivity contribution in [3.8, 4) is 0 Å². The monoisotopic (exact) mass is 112 g/mol. The van der Waals surface area contributed by atoms with E-state index in [2.05, 4.69) is 6.92 Å². The van der Waals surface area contributed by atoms with Crippen LogP contribution in [-0.2, 0) is 0 Å². The second kappa shape index (κ2) is 2.40. The lowest BCUT2D eigenvalue weighted by Gasteiger charge is -2.19. The predicted molar refractivity (Wildman–Crippen MR) is 35.3 cm³/mol. The Labute approximate surface area is 51.3 Å². The first-order valence-electron chi connectivity index (χ1n) is 3.39. The van der Waals surface area contributed by atoms with E-state index in [9.17, 15) is 0 Å². The summed E-state index contributed by atoms with van der Waals surface area (Å²) in [5, 5.41) is 0. The SMILES string of the molecule is [CH2+]C1CCCC[C@H]1N. The van der Waals surface area contributed by atoms with Gasteiger partial charge < -0.3 is 5.73 Å². The molecule has 1 nitrogen and oxygen atoms in total. The smallest absolute Gasteiger partial charge is 0.110 e. The number of hydrogen-bond donors (Lipinski definition) is 1. The van der Waals surface area contributed by atoms with Gasteiger partial charge in [-0.25, -0.2) is 0 Å². The fourth-order valence-corrected chi connectivity index (χ4v) is 1.24. The van der Waals surface area contributed by atoms with Crippen LogP contribution >= 0.6 is 0 Å². The Kier molecular flexibility index (Phi) is 1.79. The van der Waals surface area contributed by atoms with E-state index in [4.69, 9.17) is 5.73 Å². The Morgan fingerprint density at radius 3 is 2.25 bits per heavy atom. The third-order valence-corrected chi connectivity index (χ3v) is 1.97. The van der Waals surface area contributed by atoms with Crippen molar-refractivity contribution in [2.45, 2.75) is 31.7 Å². The number of rotatable bonds is 0. The highest BCUT2D eigenvalue weighted by molar-refractivity contribution is 4.78. The second-order valence-electron chi connectivity index (χ2n) is 2.71. The van der Waals surface area contributed by atoms with Gasteiger partial charge in [-0.05, 0) is 19.3 Å². The molecule has 1 fully saturated rings. The average molecular weight is 112 g/mol. The summed E-state index contributed by atoms with van der Waals surface area (Å²) in [6.45, 7) is 3.95. The van der Waals surface area contributed by atoms with Crippen LogP contribution in [-0.4, -0.2) is 6.04 Å². The third kappa shape index (κ3) is 1.16. The minimum atomic E-state index is 0.392. The van der Waals surface area contributed by atoms with Gasteiger partial charge in [0.25, 0.3) is 0 Å². The quantitative estimate of drug-likeness (QED) is 0.470. The van der Waals surface area contributed by atoms with E-state index in [0.717, 1.165) is 0 Å². The Morgan fingerprint density at radius 1 is 1.25 bits per heavy atom. The number of nitrogens with two attached hydrogens (primary N) is 1. The summed E-state index contributed by atoms with van der Waals surface area (Å²) in [6, 6.07) is 0.392. The molecule has 0 aromatic carbocycles.